The minimum absolute atomic E-state index is 0. The van der Waals surface area contributed by atoms with E-state index in [-0.39, 0.29) is 29.4 Å². The van der Waals surface area contributed by atoms with Gasteiger partial charge in [0.15, 0.2) is 5.96 Å². The fourth-order valence-electron chi connectivity index (χ4n) is 2.05. The second-order valence-corrected chi connectivity index (χ2v) is 6.50. The highest BCUT2D eigenvalue weighted by atomic mass is 127. The van der Waals surface area contributed by atoms with Crippen LogP contribution in [0.25, 0.3) is 0 Å². The van der Waals surface area contributed by atoms with Gasteiger partial charge in [-0.15, -0.1) is 24.0 Å². The molecule has 1 aromatic heterocycles. The highest BCUT2D eigenvalue weighted by Gasteiger charge is 2.19. The van der Waals surface area contributed by atoms with Crippen molar-refractivity contribution in [2.45, 2.75) is 39.3 Å². The van der Waals surface area contributed by atoms with Crippen LogP contribution >= 0.6 is 24.0 Å². The first-order chi connectivity index (χ1) is 11.4. The molecule has 0 bridgehead atoms. The van der Waals surface area contributed by atoms with Crippen LogP contribution in [-0.4, -0.2) is 25.1 Å². The molecule has 6 nitrogen and oxygen atoms in total. The van der Waals surface area contributed by atoms with Gasteiger partial charge in [-0.05, 0) is 17.7 Å². The summed E-state index contributed by atoms with van der Waals surface area (Å²) in [5.74, 6) is 3.06. The largest absolute Gasteiger partial charge is 0.497 e. The zero-order valence-electron chi connectivity index (χ0n) is 15.4. The number of aromatic nitrogens is 1. The Hall–Kier alpha value is -1.77. The Morgan fingerprint density at radius 1 is 1.16 bits per heavy atom. The number of nitrogens with zero attached hydrogens (tertiary/aromatic N) is 2. The molecule has 0 spiro atoms. The van der Waals surface area contributed by atoms with Crippen LogP contribution in [0, 0.1) is 0 Å². The lowest BCUT2D eigenvalue weighted by atomic mass is 9.94. The van der Waals surface area contributed by atoms with Crippen LogP contribution < -0.4 is 15.4 Å². The molecule has 0 fully saturated rings. The van der Waals surface area contributed by atoms with Gasteiger partial charge in [-0.3, -0.25) is 4.99 Å². The number of rotatable bonds is 5. The Morgan fingerprint density at radius 2 is 1.80 bits per heavy atom. The molecular weight excluding hydrogens is 431 g/mol. The molecule has 25 heavy (non-hydrogen) atoms. The molecule has 138 valence electrons. The molecule has 1 aromatic carbocycles. The lowest BCUT2D eigenvalue weighted by Crippen LogP contribution is -2.36. The summed E-state index contributed by atoms with van der Waals surface area (Å²) in [7, 11) is 3.40. The summed E-state index contributed by atoms with van der Waals surface area (Å²) in [4.78, 5) is 8.51. The van der Waals surface area contributed by atoms with Crippen LogP contribution in [-0.2, 0) is 18.5 Å². The van der Waals surface area contributed by atoms with Crippen molar-refractivity contribution in [2.75, 3.05) is 14.2 Å². The molecule has 2 aromatic rings. The predicted molar refractivity (Wildman–Crippen MR) is 111 cm³/mol. The van der Waals surface area contributed by atoms with Gasteiger partial charge < -0.3 is 19.8 Å². The highest BCUT2D eigenvalue weighted by Crippen LogP contribution is 2.22. The summed E-state index contributed by atoms with van der Waals surface area (Å²) < 4.78 is 10.9. The van der Waals surface area contributed by atoms with Crippen LogP contribution in [0.5, 0.6) is 5.75 Å². The first kappa shape index (κ1) is 21.3. The monoisotopic (exact) mass is 458 g/mol. The zero-order chi connectivity index (χ0) is 17.6. The van der Waals surface area contributed by atoms with E-state index < -0.39 is 0 Å². The van der Waals surface area contributed by atoms with E-state index in [1.165, 1.54) is 0 Å². The lowest BCUT2D eigenvalue weighted by molar-refractivity contribution is 0.379. The standard InChI is InChI=1S/C18H26N4O2.HI/c1-18(2,3)15-11-20-16(24-15)12-22-17(19-4)21-10-13-6-8-14(23-5)9-7-13;/h6-9,11H,10,12H2,1-5H3,(H2,19,21,22);1H. The molecule has 2 N–H and O–H groups in total. The number of nitrogens with one attached hydrogen (secondary N) is 2. The van der Waals surface area contributed by atoms with Gasteiger partial charge in [-0.1, -0.05) is 32.9 Å². The summed E-state index contributed by atoms with van der Waals surface area (Å²) in [5, 5.41) is 6.46. The van der Waals surface area contributed by atoms with Crippen molar-refractivity contribution in [1.82, 2.24) is 15.6 Å². The van der Waals surface area contributed by atoms with Gasteiger partial charge in [0, 0.05) is 19.0 Å². The molecule has 0 atom stereocenters. The highest BCUT2D eigenvalue weighted by molar-refractivity contribution is 14.0. The number of ether oxygens (including phenoxy) is 1. The third kappa shape index (κ3) is 6.56. The number of benzene rings is 1. The van der Waals surface area contributed by atoms with E-state index in [1.54, 1.807) is 20.4 Å². The average molecular weight is 458 g/mol. The van der Waals surface area contributed by atoms with Gasteiger partial charge in [0.25, 0.3) is 0 Å². The number of aliphatic imine (C=N–C) groups is 1. The first-order valence-corrected chi connectivity index (χ1v) is 7.95. The summed E-state index contributed by atoms with van der Waals surface area (Å²) in [6.45, 7) is 7.45. The Labute approximate surface area is 166 Å². The Bertz CT molecular complexity index is 675. The Kier molecular flexibility index (Phi) is 8.21. The van der Waals surface area contributed by atoms with Gasteiger partial charge in [0.2, 0.25) is 5.89 Å². The summed E-state index contributed by atoms with van der Waals surface area (Å²) in [6.07, 6.45) is 1.78. The Balaban J connectivity index is 0.00000312. The fraction of sp³-hybridized carbons (Fsp3) is 0.444. The molecule has 0 unspecified atom stereocenters. The maximum Gasteiger partial charge on any atom is 0.213 e. The normalized spacial score (nSPS) is 11.6. The number of guanidine groups is 1. The minimum Gasteiger partial charge on any atom is -0.497 e. The topological polar surface area (TPSA) is 71.7 Å². The number of methoxy groups -OCH3 is 1. The van der Waals surface area contributed by atoms with E-state index in [0.717, 1.165) is 17.1 Å². The van der Waals surface area contributed by atoms with Crippen LogP contribution in [0.1, 0.15) is 38.0 Å². The smallest absolute Gasteiger partial charge is 0.213 e. The van der Waals surface area contributed by atoms with Gasteiger partial charge in [-0.25, -0.2) is 4.98 Å². The first-order valence-electron chi connectivity index (χ1n) is 7.95. The van der Waals surface area contributed by atoms with E-state index in [9.17, 15) is 0 Å². The van der Waals surface area contributed by atoms with E-state index >= 15 is 0 Å². The fourth-order valence-corrected chi connectivity index (χ4v) is 2.05. The summed E-state index contributed by atoms with van der Waals surface area (Å²) in [5.41, 5.74) is 1.10. The second-order valence-electron chi connectivity index (χ2n) is 6.50. The second kappa shape index (κ2) is 9.65. The minimum atomic E-state index is -0.0421. The van der Waals surface area contributed by atoms with Crippen molar-refractivity contribution in [3.63, 3.8) is 0 Å². The van der Waals surface area contributed by atoms with Crippen molar-refractivity contribution in [3.05, 3.63) is 47.7 Å². The van der Waals surface area contributed by atoms with E-state index in [2.05, 4.69) is 41.4 Å². The average Bonchev–Trinajstić information content (AvgIpc) is 3.05. The van der Waals surface area contributed by atoms with Crippen molar-refractivity contribution >= 4 is 29.9 Å². The Morgan fingerprint density at radius 3 is 2.32 bits per heavy atom. The lowest BCUT2D eigenvalue weighted by Gasteiger charge is -2.13. The number of oxazole rings is 1. The molecule has 0 radical (unpaired) electrons. The molecule has 0 aliphatic rings. The van der Waals surface area contributed by atoms with Gasteiger partial charge in [0.05, 0.1) is 19.9 Å². The van der Waals surface area contributed by atoms with Gasteiger partial charge >= 0.3 is 0 Å². The molecule has 0 amide bonds. The zero-order valence-corrected chi connectivity index (χ0v) is 17.8. The van der Waals surface area contributed by atoms with E-state index in [4.69, 9.17) is 9.15 Å². The van der Waals surface area contributed by atoms with Crippen molar-refractivity contribution in [1.29, 1.82) is 0 Å². The van der Waals surface area contributed by atoms with Crippen molar-refractivity contribution < 1.29 is 9.15 Å². The molecule has 2 rings (SSSR count). The SMILES string of the molecule is CN=C(NCc1ccc(OC)cc1)NCc1ncc(C(C)(C)C)o1.I. The number of halogens is 1. The molecule has 0 saturated heterocycles. The molecule has 0 aliphatic heterocycles. The molecule has 1 heterocycles. The third-order valence-corrected chi connectivity index (χ3v) is 3.54. The molecule has 7 heteroatoms. The summed E-state index contributed by atoms with van der Waals surface area (Å²) in [6, 6.07) is 7.91. The van der Waals surface area contributed by atoms with Gasteiger partial charge in [0.1, 0.15) is 11.5 Å². The predicted octanol–water partition coefficient (Wildman–Crippen LogP) is 3.46. The van der Waals surface area contributed by atoms with Crippen LogP contribution in [0.3, 0.4) is 0 Å². The van der Waals surface area contributed by atoms with Gasteiger partial charge in [-0.2, -0.15) is 0 Å². The molecule has 0 aliphatic carbocycles. The maximum absolute atomic E-state index is 5.76. The van der Waals surface area contributed by atoms with E-state index in [1.807, 2.05) is 24.3 Å². The maximum atomic E-state index is 5.76. The van der Waals surface area contributed by atoms with Crippen LogP contribution in [0.15, 0.2) is 39.9 Å². The van der Waals surface area contributed by atoms with Crippen LogP contribution in [0.4, 0.5) is 0 Å². The summed E-state index contributed by atoms with van der Waals surface area (Å²) >= 11 is 0. The van der Waals surface area contributed by atoms with Crippen LogP contribution in [0.2, 0.25) is 0 Å². The quantitative estimate of drug-likeness (QED) is 0.408. The number of hydrogen-bond acceptors (Lipinski definition) is 4. The molecule has 0 saturated carbocycles. The van der Waals surface area contributed by atoms with E-state index in [0.29, 0.717) is 24.9 Å². The van der Waals surface area contributed by atoms with Crippen molar-refractivity contribution in [3.8, 4) is 5.75 Å². The van der Waals surface area contributed by atoms with Crippen molar-refractivity contribution in [2.24, 2.45) is 4.99 Å². The number of hydrogen-bond donors (Lipinski definition) is 2. The third-order valence-electron chi connectivity index (χ3n) is 3.54. The molecular formula is C18H27IN4O2.